The van der Waals surface area contributed by atoms with Gasteiger partial charge in [0.1, 0.15) is 13.7 Å². The zero-order valence-corrected chi connectivity index (χ0v) is 16.9. The van der Waals surface area contributed by atoms with Crippen molar-refractivity contribution in [2.75, 3.05) is 22.5 Å². The number of nitrogens with one attached hydrogen (secondary N) is 2. The Balaban J connectivity index is 1.27. The van der Waals surface area contributed by atoms with E-state index in [0.29, 0.717) is 24.2 Å². The summed E-state index contributed by atoms with van der Waals surface area (Å²) in [6.07, 6.45) is 9.32. The molecule has 2 bridgehead atoms. The molecule has 1 aliphatic heterocycles. The smallest absolute Gasteiger partial charge is 0.125 e. The van der Waals surface area contributed by atoms with Crippen LogP contribution in [0.2, 0.25) is 0 Å². The molecule has 29 heavy (non-hydrogen) atoms. The van der Waals surface area contributed by atoms with E-state index in [4.69, 9.17) is 13.6 Å². The molecule has 0 amide bonds. The van der Waals surface area contributed by atoms with Gasteiger partial charge in [-0.3, -0.25) is 0 Å². The normalized spacial score (nSPS) is 31.2. The molecule has 1 aromatic carbocycles. The van der Waals surface area contributed by atoms with Crippen molar-refractivity contribution in [1.29, 1.82) is 0 Å². The summed E-state index contributed by atoms with van der Waals surface area (Å²) in [5.74, 6) is 1.68. The molecule has 2 aromatic rings. The first-order chi connectivity index (χ1) is 14.2. The minimum Gasteiger partial charge on any atom is -0.399 e. The van der Waals surface area contributed by atoms with Crippen molar-refractivity contribution in [2.45, 2.75) is 62.7 Å². The number of nitrogens with zero attached hydrogens (tertiary/aromatic N) is 2. The number of fused-ring (bicyclic) bond motifs is 2. The maximum atomic E-state index is 5.94. The molecule has 2 heterocycles. The molecule has 2 saturated carbocycles. The molecule has 5 rings (SSSR count). The molecule has 1 saturated heterocycles. The Morgan fingerprint density at radius 3 is 2.55 bits per heavy atom. The maximum Gasteiger partial charge on any atom is 0.125 e. The summed E-state index contributed by atoms with van der Waals surface area (Å²) in [6.45, 7) is 1.17. The van der Waals surface area contributed by atoms with E-state index < -0.39 is 0 Å². The lowest BCUT2D eigenvalue weighted by Crippen LogP contribution is -2.56. The molecule has 1 aromatic heterocycles. The summed E-state index contributed by atoms with van der Waals surface area (Å²) in [4.78, 5) is 7.05. The minimum atomic E-state index is 0.405. The maximum absolute atomic E-state index is 5.94. The van der Waals surface area contributed by atoms with Crippen LogP contribution >= 0.6 is 0 Å². The Labute approximate surface area is 174 Å². The first kappa shape index (κ1) is 18.8. The second-order valence-electron chi connectivity index (χ2n) is 9.04. The molecule has 4 N–H and O–H groups in total. The van der Waals surface area contributed by atoms with Crippen LogP contribution in [0, 0.1) is 5.92 Å². The van der Waals surface area contributed by atoms with Crippen molar-refractivity contribution in [3.63, 3.8) is 0 Å². The van der Waals surface area contributed by atoms with Gasteiger partial charge < -0.3 is 21.3 Å². The van der Waals surface area contributed by atoms with Gasteiger partial charge in [0.05, 0.1) is 0 Å². The molecule has 0 unspecified atom stereocenters. The number of rotatable bonds is 5. The van der Waals surface area contributed by atoms with Crippen LogP contribution in [0.25, 0.3) is 0 Å². The number of nitrogens with two attached hydrogens (primary N) is 1. The third-order valence-electron chi connectivity index (χ3n) is 7.02. The summed E-state index contributed by atoms with van der Waals surface area (Å²) < 4.78 is 0. The highest BCUT2D eigenvalue weighted by molar-refractivity contribution is 6.32. The van der Waals surface area contributed by atoms with Gasteiger partial charge in [-0.25, -0.2) is 4.98 Å². The number of hydrogen-bond acceptors (Lipinski definition) is 5. The molecule has 150 valence electrons. The van der Waals surface area contributed by atoms with E-state index in [2.05, 4.69) is 32.7 Å². The molecule has 6 heteroatoms. The lowest BCUT2D eigenvalue weighted by Gasteiger charge is -2.41. The van der Waals surface area contributed by atoms with E-state index in [1.807, 2.05) is 24.3 Å². The number of nitrogen functional groups attached to an aromatic ring is 1. The van der Waals surface area contributed by atoms with Crippen molar-refractivity contribution in [3.05, 3.63) is 42.6 Å². The van der Waals surface area contributed by atoms with Crippen LogP contribution in [0.15, 0.2) is 42.6 Å². The number of piperidine rings is 1. The van der Waals surface area contributed by atoms with Gasteiger partial charge >= 0.3 is 0 Å². The standard InChI is InChI=1S/C23H30BN5/c24-16-9-10-26-23(13-16)28-20-4-2-1-3-19(20)27-21-11-15-12-22(21)29(14-15)18-7-5-17(25)6-8-18/h5-10,13,15,19-22,27H,1-4,11-12,14,25H2,(H,26,28)/t15-,19-,20-,21+,22-/m1/s1. The lowest BCUT2D eigenvalue weighted by molar-refractivity contribution is 0.289. The van der Waals surface area contributed by atoms with Crippen molar-refractivity contribution in [1.82, 2.24) is 10.3 Å². The number of anilines is 3. The van der Waals surface area contributed by atoms with Crippen LogP contribution < -0.4 is 26.7 Å². The highest BCUT2D eigenvalue weighted by atomic mass is 15.2. The Bertz CT molecular complexity index is 841. The van der Waals surface area contributed by atoms with E-state index in [-0.39, 0.29) is 0 Å². The molecular formula is C23H30BN5. The highest BCUT2D eigenvalue weighted by Crippen LogP contribution is 2.41. The SMILES string of the molecule is [B]c1ccnc(N[C@@H]2CCCC[C@H]2N[C@H]2C[C@@H]3C[C@H]2N(c2ccc(N)cc2)C3)c1. The van der Waals surface area contributed by atoms with Crippen LogP contribution in [0.1, 0.15) is 38.5 Å². The summed E-state index contributed by atoms with van der Waals surface area (Å²) in [5, 5.41) is 7.72. The fourth-order valence-electron chi connectivity index (χ4n) is 5.66. The van der Waals surface area contributed by atoms with E-state index in [0.717, 1.165) is 22.9 Å². The Kier molecular flexibility index (Phi) is 5.12. The van der Waals surface area contributed by atoms with E-state index in [9.17, 15) is 0 Å². The predicted octanol–water partition coefficient (Wildman–Crippen LogP) is 2.44. The zero-order valence-electron chi connectivity index (χ0n) is 16.9. The van der Waals surface area contributed by atoms with E-state index in [1.165, 1.54) is 50.8 Å². The van der Waals surface area contributed by atoms with Crippen LogP contribution in [-0.2, 0) is 0 Å². The van der Waals surface area contributed by atoms with Crippen LogP contribution in [-0.4, -0.2) is 43.5 Å². The third-order valence-corrected chi connectivity index (χ3v) is 7.02. The van der Waals surface area contributed by atoms with Crippen LogP contribution in [0.5, 0.6) is 0 Å². The quantitative estimate of drug-likeness (QED) is 0.543. The van der Waals surface area contributed by atoms with Gasteiger partial charge in [0.25, 0.3) is 0 Å². The lowest BCUT2D eigenvalue weighted by atomic mass is 9.88. The summed E-state index contributed by atoms with van der Waals surface area (Å²) >= 11 is 0. The number of aromatic nitrogens is 1. The van der Waals surface area contributed by atoms with Gasteiger partial charge in [-0.05, 0) is 61.9 Å². The first-order valence-electron chi connectivity index (χ1n) is 11.0. The van der Waals surface area contributed by atoms with E-state index in [1.54, 1.807) is 6.20 Å². The monoisotopic (exact) mass is 387 g/mol. The third kappa shape index (κ3) is 3.95. The molecule has 2 radical (unpaired) electrons. The van der Waals surface area contributed by atoms with Crippen molar-refractivity contribution >= 4 is 30.5 Å². The van der Waals surface area contributed by atoms with Gasteiger partial charge in [0.15, 0.2) is 0 Å². The number of pyridine rings is 1. The molecule has 3 aliphatic rings. The van der Waals surface area contributed by atoms with Crippen molar-refractivity contribution in [2.24, 2.45) is 5.92 Å². The van der Waals surface area contributed by atoms with E-state index >= 15 is 0 Å². The fourth-order valence-corrected chi connectivity index (χ4v) is 5.66. The zero-order chi connectivity index (χ0) is 19.8. The van der Waals surface area contributed by atoms with Gasteiger partial charge in [-0.15, -0.1) is 0 Å². The topological polar surface area (TPSA) is 66.2 Å². The average molecular weight is 387 g/mol. The van der Waals surface area contributed by atoms with Crippen LogP contribution in [0.4, 0.5) is 17.2 Å². The molecular weight excluding hydrogens is 357 g/mol. The van der Waals surface area contributed by atoms with Crippen molar-refractivity contribution in [3.8, 4) is 0 Å². The van der Waals surface area contributed by atoms with Crippen molar-refractivity contribution < 1.29 is 0 Å². The summed E-state index contributed by atoms with van der Waals surface area (Å²) in [7, 11) is 5.94. The summed E-state index contributed by atoms with van der Waals surface area (Å²) in [5.41, 5.74) is 8.79. The van der Waals surface area contributed by atoms with Gasteiger partial charge in [-0.2, -0.15) is 0 Å². The Morgan fingerprint density at radius 2 is 1.79 bits per heavy atom. The largest absolute Gasteiger partial charge is 0.399 e. The Hall–Kier alpha value is -2.21. The average Bonchev–Trinajstić information content (AvgIpc) is 3.31. The highest BCUT2D eigenvalue weighted by Gasteiger charge is 2.46. The predicted molar refractivity (Wildman–Crippen MR) is 121 cm³/mol. The summed E-state index contributed by atoms with van der Waals surface area (Å²) in [6, 6.07) is 14.2. The molecule has 0 spiro atoms. The number of benzene rings is 1. The molecule has 3 fully saturated rings. The molecule has 5 atom stereocenters. The Morgan fingerprint density at radius 1 is 1.00 bits per heavy atom. The minimum absolute atomic E-state index is 0.405. The molecule has 5 nitrogen and oxygen atoms in total. The molecule has 2 aliphatic carbocycles. The van der Waals surface area contributed by atoms with Gasteiger partial charge in [0, 0.05) is 48.3 Å². The second-order valence-corrected chi connectivity index (χ2v) is 9.04. The first-order valence-corrected chi connectivity index (χ1v) is 11.0. The van der Waals surface area contributed by atoms with Crippen LogP contribution in [0.3, 0.4) is 0 Å². The second kappa shape index (κ2) is 7.90. The van der Waals surface area contributed by atoms with Gasteiger partial charge in [-0.1, -0.05) is 24.4 Å². The fraction of sp³-hybridized carbons (Fsp3) is 0.522. The van der Waals surface area contributed by atoms with Gasteiger partial charge in [0.2, 0.25) is 0 Å². The number of hydrogen-bond donors (Lipinski definition) is 3.